The molecule has 2 aromatic rings. The molecule has 5 nitrogen and oxygen atoms in total. The number of hydrogen-bond acceptors (Lipinski definition) is 4. The van der Waals surface area contributed by atoms with E-state index in [9.17, 15) is 10.1 Å². The Morgan fingerprint density at radius 2 is 2.10 bits per heavy atom. The number of rotatable bonds is 5. The molecule has 1 N–H and O–H groups in total. The number of halogens is 2. The first-order valence-electron chi connectivity index (χ1n) is 6.01. The van der Waals surface area contributed by atoms with E-state index in [1.165, 1.54) is 13.2 Å². The maximum atomic E-state index is 11.0. The minimum atomic E-state index is -0.469. The van der Waals surface area contributed by atoms with Gasteiger partial charge in [-0.15, -0.1) is 0 Å². The van der Waals surface area contributed by atoms with Gasteiger partial charge in [-0.2, -0.15) is 0 Å². The maximum Gasteiger partial charge on any atom is 0.312 e. The highest BCUT2D eigenvalue weighted by molar-refractivity contribution is 9.10. The van der Waals surface area contributed by atoms with E-state index in [1.54, 1.807) is 18.2 Å². The first kappa shape index (κ1) is 15.6. The zero-order chi connectivity index (χ0) is 15.4. The minimum absolute atomic E-state index is 0.0696. The van der Waals surface area contributed by atoms with Gasteiger partial charge in [0.25, 0.3) is 0 Å². The van der Waals surface area contributed by atoms with Gasteiger partial charge in [-0.1, -0.05) is 17.7 Å². The largest absolute Gasteiger partial charge is 0.490 e. The van der Waals surface area contributed by atoms with E-state index >= 15 is 0 Å². The number of hydrogen-bond donors (Lipinski definition) is 1. The Balaban J connectivity index is 2.14. The molecule has 0 aliphatic rings. The molecule has 0 atom stereocenters. The third kappa shape index (κ3) is 3.86. The Bertz CT molecular complexity index is 679. The summed E-state index contributed by atoms with van der Waals surface area (Å²) in [6.07, 6.45) is 0. The number of nitrogens with one attached hydrogen (secondary N) is 1. The van der Waals surface area contributed by atoms with Crippen molar-refractivity contribution in [2.75, 3.05) is 12.4 Å². The summed E-state index contributed by atoms with van der Waals surface area (Å²) in [5.41, 5.74) is 1.58. The monoisotopic (exact) mass is 370 g/mol. The fraction of sp³-hybridized carbons (Fsp3) is 0.143. The zero-order valence-electron chi connectivity index (χ0n) is 11.1. The van der Waals surface area contributed by atoms with Crippen molar-refractivity contribution in [2.45, 2.75) is 6.54 Å². The van der Waals surface area contributed by atoms with Crippen molar-refractivity contribution in [2.24, 2.45) is 0 Å². The van der Waals surface area contributed by atoms with Gasteiger partial charge in [-0.05, 0) is 45.8 Å². The van der Waals surface area contributed by atoms with Crippen molar-refractivity contribution in [3.05, 3.63) is 61.6 Å². The van der Waals surface area contributed by atoms with Crippen molar-refractivity contribution in [1.82, 2.24) is 0 Å². The van der Waals surface area contributed by atoms with Crippen LogP contribution in [-0.4, -0.2) is 12.0 Å². The van der Waals surface area contributed by atoms with E-state index in [1.807, 2.05) is 12.1 Å². The van der Waals surface area contributed by atoms with Gasteiger partial charge in [0, 0.05) is 22.8 Å². The van der Waals surface area contributed by atoms with Crippen LogP contribution in [0.2, 0.25) is 5.02 Å². The SMILES string of the molecule is COc1ccc(NCc2ccc(Cl)c(Br)c2)cc1[N+](=O)[O-]. The highest BCUT2D eigenvalue weighted by Crippen LogP contribution is 2.30. The lowest BCUT2D eigenvalue weighted by Gasteiger charge is -2.09. The second-order valence-electron chi connectivity index (χ2n) is 4.25. The Morgan fingerprint density at radius 1 is 1.33 bits per heavy atom. The molecule has 0 aliphatic carbocycles. The van der Waals surface area contributed by atoms with Crippen LogP contribution in [0.1, 0.15) is 5.56 Å². The van der Waals surface area contributed by atoms with Crippen molar-refractivity contribution >= 4 is 38.9 Å². The van der Waals surface area contributed by atoms with E-state index in [2.05, 4.69) is 21.2 Å². The lowest BCUT2D eigenvalue weighted by molar-refractivity contribution is -0.385. The lowest BCUT2D eigenvalue weighted by atomic mass is 10.2. The smallest absolute Gasteiger partial charge is 0.312 e. The molecule has 0 heterocycles. The van der Waals surface area contributed by atoms with Gasteiger partial charge < -0.3 is 10.1 Å². The molecule has 0 aliphatic heterocycles. The summed E-state index contributed by atoms with van der Waals surface area (Å²) in [5, 5.41) is 14.7. The number of nitro benzene ring substituents is 1. The summed E-state index contributed by atoms with van der Waals surface area (Å²) in [6, 6.07) is 10.3. The van der Waals surface area contributed by atoms with E-state index < -0.39 is 4.92 Å². The van der Waals surface area contributed by atoms with Gasteiger partial charge in [-0.25, -0.2) is 0 Å². The number of nitrogens with zero attached hydrogens (tertiary/aromatic N) is 1. The van der Waals surface area contributed by atoms with Crippen LogP contribution < -0.4 is 10.1 Å². The van der Waals surface area contributed by atoms with Crippen molar-refractivity contribution in [3.8, 4) is 5.75 Å². The minimum Gasteiger partial charge on any atom is -0.490 e. The highest BCUT2D eigenvalue weighted by Gasteiger charge is 2.14. The van der Waals surface area contributed by atoms with Gasteiger partial charge in [0.1, 0.15) is 0 Å². The normalized spacial score (nSPS) is 10.2. The summed E-state index contributed by atoms with van der Waals surface area (Å²) >= 11 is 9.29. The second kappa shape index (κ2) is 6.78. The maximum absolute atomic E-state index is 11.0. The summed E-state index contributed by atoms with van der Waals surface area (Å²) < 4.78 is 5.77. The van der Waals surface area contributed by atoms with Gasteiger partial charge in [0.05, 0.1) is 17.1 Å². The number of anilines is 1. The quantitative estimate of drug-likeness (QED) is 0.614. The van der Waals surface area contributed by atoms with Gasteiger partial charge in [0.15, 0.2) is 5.75 Å². The average molecular weight is 372 g/mol. The zero-order valence-corrected chi connectivity index (χ0v) is 13.4. The molecule has 0 bridgehead atoms. The average Bonchev–Trinajstić information content (AvgIpc) is 2.48. The molecule has 0 amide bonds. The van der Waals surface area contributed by atoms with Gasteiger partial charge >= 0.3 is 5.69 Å². The molecule has 0 spiro atoms. The van der Waals surface area contributed by atoms with Gasteiger partial charge in [0.2, 0.25) is 0 Å². The molecule has 0 fully saturated rings. The lowest BCUT2D eigenvalue weighted by Crippen LogP contribution is -2.01. The molecule has 2 aromatic carbocycles. The van der Waals surface area contributed by atoms with Crippen LogP contribution in [0.5, 0.6) is 5.75 Å². The molecular weight excluding hydrogens is 360 g/mol. The molecule has 0 unspecified atom stereocenters. The second-order valence-corrected chi connectivity index (χ2v) is 5.51. The number of nitro groups is 1. The number of benzene rings is 2. The summed E-state index contributed by atoms with van der Waals surface area (Å²) in [4.78, 5) is 10.5. The van der Waals surface area contributed by atoms with E-state index in [4.69, 9.17) is 16.3 Å². The first-order chi connectivity index (χ1) is 10.0. The molecule has 21 heavy (non-hydrogen) atoms. The first-order valence-corrected chi connectivity index (χ1v) is 7.18. The van der Waals surface area contributed by atoms with Crippen molar-refractivity contribution in [3.63, 3.8) is 0 Å². The third-order valence-corrected chi connectivity index (χ3v) is 4.07. The molecule has 0 saturated carbocycles. The van der Waals surface area contributed by atoms with Crippen molar-refractivity contribution in [1.29, 1.82) is 0 Å². The van der Waals surface area contributed by atoms with Crippen LogP contribution in [0.4, 0.5) is 11.4 Å². The summed E-state index contributed by atoms with van der Waals surface area (Å²) in [5.74, 6) is 0.236. The Hall–Kier alpha value is -1.79. The predicted molar refractivity (Wildman–Crippen MR) is 86.1 cm³/mol. The fourth-order valence-corrected chi connectivity index (χ4v) is 2.34. The van der Waals surface area contributed by atoms with Crippen LogP contribution in [0, 0.1) is 10.1 Å². The third-order valence-electron chi connectivity index (χ3n) is 2.86. The Morgan fingerprint density at radius 3 is 2.71 bits per heavy atom. The molecule has 2 rings (SSSR count). The van der Waals surface area contributed by atoms with Crippen LogP contribution in [0.3, 0.4) is 0 Å². The number of methoxy groups -OCH3 is 1. The van der Waals surface area contributed by atoms with Crippen molar-refractivity contribution < 1.29 is 9.66 Å². The molecule has 0 aromatic heterocycles. The predicted octanol–water partition coefficient (Wildman–Crippen LogP) is 4.63. The van der Waals surface area contributed by atoms with E-state index in [-0.39, 0.29) is 11.4 Å². The number of ether oxygens (including phenoxy) is 1. The van der Waals surface area contributed by atoms with Gasteiger partial charge in [-0.3, -0.25) is 10.1 Å². The van der Waals surface area contributed by atoms with Crippen LogP contribution in [0.15, 0.2) is 40.9 Å². The Labute approximate surface area is 135 Å². The van der Waals surface area contributed by atoms with Crippen LogP contribution in [-0.2, 0) is 6.54 Å². The molecule has 0 radical (unpaired) electrons. The summed E-state index contributed by atoms with van der Waals surface area (Å²) in [6.45, 7) is 0.527. The Kier molecular flexibility index (Phi) is 5.03. The van der Waals surface area contributed by atoms with E-state index in [0.717, 1.165) is 10.0 Å². The topological polar surface area (TPSA) is 64.4 Å². The standard InChI is InChI=1S/C14H12BrClN2O3/c1-21-14-5-3-10(7-13(14)18(19)20)17-8-9-2-4-12(16)11(15)6-9/h2-7,17H,8H2,1H3. The molecule has 110 valence electrons. The molecule has 7 heteroatoms. The highest BCUT2D eigenvalue weighted by atomic mass is 79.9. The van der Waals surface area contributed by atoms with Crippen LogP contribution >= 0.6 is 27.5 Å². The molecular formula is C14H12BrClN2O3. The summed E-state index contributed by atoms with van der Waals surface area (Å²) in [7, 11) is 1.40. The van der Waals surface area contributed by atoms with E-state index in [0.29, 0.717) is 17.3 Å². The van der Waals surface area contributed by atoms with Crippen LogP contribution in [0.25, 0.3) is 0 Å². The fourth-order valence-electron chi connectivity index (χ4n) is 1.80. The molecule has 0 saturated heterocycles.